The number of aromatic nitrogens is 2. The molecular formula is C10H8N2O3. The molecule has 0 aromatic carbocycles. The molecule has 5 nitrogen and oxygen atoms in total. The van der Waals surface area contributed by atoms with Gasteiger partial charge in [-0.25, -0.2) is 4.79 Å². The fourth-order valence-corrected chi connectivity index (χ4v) is 1.32. The molecule has 0 spiro atoms. The van der Waals surface area contributed by atoms with Crippen LogP contribution in [-0.2, 0) is 9.53 Å². The number of carbonyl (C=O) groups excluding carboxylic acids is 2. The highest BCUT2D eigenvalue weighted by Gasteiger charge is 2.14. The van der Waals surface area contributed by atoms with Crippen LogP contribution in [0.4, 0.5) is 0 Å². The van der Waals surface area contributed by atoms with E-state index >= 15 is 0 Å². The highest BCUT2D eigenvalue weighted by Crippen LogP contribution is 2.17. The number of fused-ring (bicyclic) bond motifs is 1. The number of aromatic amines is 1. The van der Waals surface area contributed by atoms with Crippen LogP contribution >= 0.6 is 0 Å². The van der Waals surface area contributed by atoms with Gasteiger partial charge in [-0.05, 0) is 6.07 Å². The Morgan fingerprint density at radius 1 is 1.47 bits per heavy atom. The van der Waals surface area contributed by atoms with Gasteiger partial charge in [0.05, 0.1) is 5.56 Å². The first-order chi connectivity index (χ1) is 7.18. The second-order valence-electron chi connectivity index (χ2n) is 3.00. The zero-order valence-electron chi connectivity index (χ0n) is 7.98. The zero-order valence-corrected chi connectivity index (χ0v) is 7.98. The number of hydrogen-bond acceptors (Lipinski definition) is 4. The molecule has 0 unspecified atom stereocenters. The molecule has 2 aromatic rings. The number of esters is 2. The Balaban J connectivity index is 2.44. The summed E-state index contributed by atoms with van der Waals surface area (Å²) >= 11 is 0. The Labute approximate surface area is 85.1 Å². The number of H-pyrrole nitrogens is 1. The molecule has 2 heterocycles. The fraction of sp³-hybridized carbons (Fsp3) is 0.100. The Hall–Kier alpha value is -2.17. The molecule has 0 aliphatic rings. The molecule has 1 N–H and O–H groups in total. The quantitative estimate of drug-likeness (QED) is 0.560. The molecule has 0 radical (unpaired) electrons. The predicted molar refractivity (Wildman–Crippen MR) is 52.2 cm³/mol. The Morgan fingerprint density at radius 3 is 3.00 bits per heavy atom. The van der Waals surface area contributed by atoms with E-state index in [1.807, 2.05) is 0 Å². The maximum atomic E-state index is 11.4. The molecule has 5 heteroatoms. The molecule has 76 valence electrons. The smallest absolute Gasteiger partial charge is 0.348 e. The van der Waals surface area contributed by atoms with Crippen LogP contribution in [-0.4, -0.2) is 21.9 Å². The van der Waals surface area contributed by atoms with E-state index in [-0.39, 0.29) is 0 Å². The van der Waals surface area contributed by atoms with Crippen molar-refractivity contribution in [2.75, 3.05) is 0 Å². The van der Waals surface area contributed by atoms with Crippen LogP contribution in [0.15, 0.2) is 24.7 Å². The lowest BCUT2D eigenvalue weighted by atomic mass is 10.2. The van der Waals surface area contributed by atoms with Crippen LogP contribution in [0.3, 0.4) is 0 Å². The first kappa shape index (κ1) is 9.39. The molecule has 0 aliphatic carbocycles. The van der Waals surface area contributed by atoms with Gasteiger partial charge >= 0.3 is 11.9 Å². The largest absolute Gasteiger partial charge is 0.390 e. The molecule has 0 bridgehead atoms. The predicted octanol–water partition coefficient (Wildman–Crippen LogP) is 1.27. The van der Waals surface area contributed by atoms with Crippen molar-refractivity contribution >= 4 is 22.8 Å². The maximum Gasteiger partial charge on any atom is 0.348 e. The lowest BCUT2D eigenvalue weighted by Gasteiger charge is -1.97. The van der Waals surface area contributed by atoms with Crippen molar-refractivity contribution in [1.82, 2.24) is 9.97 Å². The van der Waals surface area contributed by atoms with E-state index in [4.69, 9.17) is 0 Å². The van der Waals surface area contributed by atoms with Crippen LogP contribution in [0.2, 0.25) is 0 Å². The van der Waals surface area contributed by atoms with Gasteiger partial charge in [0, 0.05) is 36.4 Å². The summed E-state index contributed by atoms with van der Waals surface area (Å²) in [6, 6.07) is 1.74. The summed E-state index contributed by atoms with van der Waals surface area (Å²) < 4.78 is 4.48. The summed E-state index contributed by atoms with van der Waals surface area (Å²) in [5, 5.41) is 0.642. The molecule has 2 aromatic heterocycles. The van der Waals surface area contributed by atoms with E-state index in [1.54, 1.807) is 18.5 Å². The molecule has 0 atom stereocenters. The third-order valence-corrected chi connectivity index (χ3v) is 1.94. The summed E-state index contributed by atoms with van der Waals surface area (Å²) in [7, 11) is 0. The molecular weight excluding hydrogens is 196 g/mol. The van der Waals surface area contributed by atoms with Crippen molar-refractivity contribution in [3.05, 3.63) is 30.2 Å². The van der Waals surface area contributed by atoms with E-state index in [1.165, 1.54) is 13.1 Å². The molecule has 0 fully saturated rings. The van der Waals surface area contributed by atoms with Crippen molar-refractivity contribution in [2.24, 2.45) is 0 Å². The van der Waals surface area contributed by atoms with E-state index < -0.39 is 11.9 Å². The zero-order chi connectivity index (χ0) is 10.8. The lowest BCUT2D eigenvalue weighted by Crippen LogP contribution is -2.08. The number of nitrogens with one attached hydrogen (secondary N) is 1. The van der Waals surface area contributed by atoms with Crippen molar-refractivity contribution in [2.45, 2.75) is 6.92 Å². The number of carbonyl (C=O) groups is 2. The van der Waals surface area contributed by atoms with Crippen molar-refractivity contribution < 1.29 is 14.3 Å². The highest BCUT2D eigenvalue weighted by atomic mass is 16.6. The molecule has 0 saturated carbocycles. The normalized spacial score (nSPS) is 10.2. The minimum absolute atomic E-state index is 0.313. The van der Waals surface area contributed by atoms with Gasteiger partial charge in [-0.2, -0.15) is 0 Å². The third kappa shape index (κ3) is 1.71. The molecule has 0 saturated heterocycles. The van der Waals surface area contributed by atoms with Crippen molar-refractivity contribution in [3.63, 3.8) is 0 Å². The standard InChI is InChI=1S/C10H8N2O3/c1-6(13)15-10(14)8-5-12-9-2-3-11-4-7(8)9/h2-5,12H,1H3. The fourth-order valence-electron chi connectivity index (χ4n) is 1.32. The van der Waals surface area contributed by atoms with Gasteiger partial charge in [0.15, 0.2) is 0 Å². The minimum Gasteiger partial charge on any atom is -0.390 e. The van der Waals surface area contributed by atoms with E-state index in [9.17, 15) is 9.59 Å². The second kappa shape index (κ2) is 3.53. The number of pyridine rings is 1. The first-order valence-corrected chi connectivity index (χ1v) is 4.32. The average molecular weight is 204 g/mol. The topological polar surface area (TPSA) is 72.1 Å². The molecule has 0 amide bonds. The monoisotopic (exact) mass is 204 g/mol. The first-order valence-electron chi connectivity index (χ1n) is 4.32. The van der Waals surface area contributed by atoms with Crippen LogP contribution in [0.1, 0.15) is 17.3 Å². The summed E-state index contributed by atoms with van der Waals surface area (Å²) in [5.41, 5.74) is 1.09. The number of hydrogen-bond donors (Lipinski definition) is 1. The van der Waals surface area contributed by atoms with Gasteiger partial charge in [-0.15, -0.1) is 0 Å². The molecule has 2 rings (SSSR count). The Kier molecular flexibility index (Phi) is 2.21. The molecule has 15 heavy (non-hydrogen) atoms. The van der Waals surface area contributed by atoms with E-state index in [2.05, 4.69) is 14.7 Å². The van der Waals surface area contributed by atoms with Crippen LogP contribution in [0.5, 0.6) is 0 Å². The SMILES string of the molecule is CC(=O)OC(=O)c1c[nH]c2ccncc12. The summed E-state index contributed by atoms with van der Waals surface area (Å²) in [5.74, 6) is -1.29. The van der Waals surface area contributed by atoms with Gasteiger partial charge in [-0.1, -0.05) is 0 Å². The highest BCUT2D eigenvalue weighted by molar-refractivity contribution is 6.06. The summed E-state index contributed by atoms with van der Waals surface area (Å²) in [4.78, 5) is 28.8. The third-order valence-electron chi connectivity index (χ3n) is 1.94. The minimum atomic E-state index is -0.665. The van der Waals surface area contributed by atoms with Crippen LogP contribution in [0.25, 0.3) is 10.9 Å². The van der Waals surface area contributed by atoms with Crippen molar-refractivity contribution in [3.8, 4) is 0 Å². The van der Waals surface area contributed by atoms with Gasteiger partial charge in [0.2, 0.25) is 0 Å². The van der Waals surface area contributed by atoms with Crippen LogP contribution in [0, 0.1) is 0 Å². The summed E-state index contributed by atoms with van der Waals surface area (Å²) in [6.07, 6.45) is 4.65. The Morgan fingerprint density at radius 2 is 2.27 bits per heavy atom. The Bertz CT molecular complexity index is 530. The van der Waals surface area contributed by atoms with E-state index in [0.29, 0.717) is 10.9 Å². The average Bonchev–Trinajstić information content (AvgIpc) is 2.59. The lowest BCUT2D eigenvalue weighted by molar-refractivity contribution is -0.135. The maximum absolute atomic E-state index is 11.4. The number of nitrogens with zero attached hydrogens (tertiary/aromatic N) is 1. The second-order valence-corrected chi connectivity index (χ2v) is 3.00. The van der Waals surface area contributed by atoms with Crippen LogP contribution < -0.4 is 0 Å². The number of rotatable bonds is 1. The summed E-state index contributed by atoms with van der Waals surface area (Å²) in [6.45, 7) is 1.19. The number of ether oxygens (including phenoxy) is 1. The van der Waals surface area contributed by atoms with Gasteiger partial charge in [0.1, 0.15) is 0 Å². The van der Waals surface area contributed by atoms with Crippen molar-refractivity contribution in [1.29, 1.82) is 0 Å². The van der Waals surface area contributed by atoms with E-state index in [0.717, 1.165) is 5.52 Å². The molecule has 0 aliphatic heterocycles. The van der Waals surface area contributed by atoms with Gasteiger partial charge in [-0.3, -0.25) is 9.78 Å². The van der Waals surface area contributed by atoms with Gasteiger partial charge < -0.3 is 9.72 Å². The van der Waals surface area contributed by atoms with Gasteiger partial charge in [0.25, 0.3) is 0 Å².